The second-order valence-corrected chi connectivity index (χ2v) is 13.4. The van der Waals surface area contributed by atoms with Crippen LogP contribution in [-0.4, -0.2) is 29.5 Å². The summed E-state index contributed by atoms with van der Waals surface area (Å²) in [6.45, 7) is 0. The van der Waals surface area contributed by atoms with Crippen molar-refractivity contribution in [3.8, 4) is 73.2 Å². The van der Waals surface area contributed by atoms with Gasteiger partial charge in [-0.15, -0.1) is 0 Å². The predicted molar refractivity (Wildman–Crippen MR) is 222 cm³/mol. The third-order valence-corrected chi connectivity index (χ3v) is 10.1. The highest BCUT2D eigenvalue weighted by atomic mass is 15.0. The lowest BCUT2D eigenvalue weighted by Crippen LogP contribution is -2.00. The van der Waals surface area contributed by atoms with Crippen molar-refractivity contribution in [1.82, 2.24) is 29.5 Å². The van der Waals surface area contributed by atoms with Gasteiger partial charge in [-0.3, -0.25) is 9.97 Å². The van der Waals surface area contributed by atoms with Gasteiger partial charge < -0.3 is 4.57 Å². The van der Waals surface area contributed by atoms with E-state index in [1.807, 2.05) is 24.3 Å². The van der Waals surface area contributed by atoms with Gasteiger partial charge >= 0.3 is 0 Å². The molecule has 0 aliphatic carbocycles. The second kappa shape index (κ2) is 13.8. The van der Waals surface area contributed by atoms with Gasteiger partial charge in [-0.1, -0.05) is 115 Å². The van der Waals surface area contributed by atoms with Crippen LogP contribution in [0.3, 0.4) is 0 Å². The van der Waals surface area contributed by atoms with Crippen molar-refractivity contribution in [3.05, 3.63) is 195 Å². The number of benzene rings is 6. The first-order valence-corrected chi connectivity index (χ1v) is 18.2. The molecule has 0 aliphatic rings. The van der Waals surface area contributed by atoms with E-state index in [2.05, 4.69) is 160 Å². The molecule has 0 saturated heterocycles. The molecule has 6 heteroatoms. The highest BCUT2D eigenvalue weighted by Crippen LogP contribution is 2.37. The normalized spacial score (nSPS) is 11.3. The number of fused-ring (bicyclic) bond motifs is 3. The molecule has 0 bridgehead atoms. The van der Waals surface area contributed by atoms with E-state index in [-0.39, 0.29) is 0 Å². The average molecular weight is 705 g/mol. The minimum Gasteiger partial charge on any atom is -0.309 e. The van der Waals surface area contributed by atoms with E-state index < -0.39 is 0 Å². The number of hydrogen-bond acceptors (Lipinski definition) is 5. The SMILES string of the molecule is c1ccc(-c2ccc(-c3cc(-c4ccc(-c5nc(-c6ccncc6)nc(-c6ccncc6)n5)cc4)cc(-n4c5ccccc5c5ccccc54)c3)cc2)cc1. The fourth-order valence-electron chi connectivity index (χ4n) is 7.34. The van der Waals surface area contributed by atoms with Crippen LogP contribution in [0.15, 0.2) is 195 Å². The molecule has 0 atom stereocenters. The van der Waals surface area contributed by atoms with Gasteiger partial charge in [0.05, 0.1) is 11.0 Å². The van der Waals surface area contributed by atoms with E-state index in [1.54, 1.807) is 24.8 Å². The molecule has 0 unspecified atom stereocenters. The zero-order valence-corrected chi connectivity index (χ0v) is 29.7. The van der Waals surface area contributed by atoms with E-state index in [0.29, 0.717) is 17.5 Å². The van der Waals surface area contributed by atoms with Crippen molar-refractivity contribution >= 4 is 21.8 Å². The first-order chi connectivity index (χ1) is 27.2. The van der Waals surface area contributed by atoms with Gasteiger partial charge in [0.15, 0.2) is 17.5 Å². The van der Waals surface area contributed by atoms with Crippen molar-refractivity contribution < 1.29 is 0 Å². The lowest BCUT2D eigenvalue weighted by molar-refractivity contribution is 1.07. The number of rotatable bonds is 7. The monoisotopic (exact) mass is 704 g/mol. The molecule has 0 amide bonds. The lowest BCUT2D eigenvalue weighted by atomic mass is 9.95. The minimum atomic E-state index is 0.588. The molecule has 0 saturated carbocycles. The van der Waals surface area contributed by atoms with Gasteiger partial charge in [-0.2, -0.15) is 0 Å². The summed E-state index contributed by atoms with van der Waals surface area (Å²) in [5, 5.41) is 2.47. The third-order valence-electron chi connectivity index (χ3n) is 10.1. The van der Waals surface area contributed by atoms with E-state index in [0.717, 1.165) is 44.6 Å². The number of nitrogens with zero attached hydrogens (tertiary/aromatic N) is 6. The van der Waals surface area contributed by atoms with Crippen LogP contribution in [0.1, 0.15) is 0 Å². The van der Waals surface area contributed by atoms with Crippen LogP contribution in [-0.2, 0) is 0 Å². The Morgan fingerprint density at radius 3 is 1.13 bits per heavy atom. The molecule has 258 valence electrons. The molecular formula is C49H32N6. The summed E-state index contributed by atoms with van der Waals surface area (Å²) in [4.78, 5) is 23.0. The highest BCUT2D eigenvalue weighted by Gasteiger charge is 2.16. The van der Waals surface area contributed by atoms with Gasteiger partial charge in [-0.05, 0) is 88.0 Å². The van der Waals surface area contributed by atoms with Crippen LogP contribution in [0.2, 0.25) is 0 Å². The summed E-state index contributed by atoms with van der Waals surface area (Å²) in [6, 6.07) is 59.7. The smallest absolute Gasteiger partial charge is 0.164 e. The van der Waals surface area contributed by atoms with Crippen molar-refractivity contribution in [2.45, 2.75) is 0 Å². The summed E-state index contributed by atoms with van der Waals surface area (Å²) in [5.74, 6) is 1.77. The summed E-state index contributed by atoms with van der Waals surface area (Å²) in [7, 11) is 0. The molecule has 55 heavy (non-hydrogen) atoms. The summed E-state index contributed by atoms with van der Waals surface area (Å²) < 4.78 is 2.39. The zero-order chi connectivity index (χ0) is 36.6. The van der Waals surface area contributed by atoms with Crippen LogP contribution in [0.5, 0.6) is 0 Å². The van der Waals surface area contributed by atoms with Crippen LogP contribution < -0.4 is 0 Å². The highest BCUT2D eigenvalue weighted by molar-refractivity contribution is 6.09. The topological polar surface area (TPSA) is 69.4 Å². The van der Waals surface area contributed by atoms with E-state index in [1.165, 1.54) is 32.9 Å². The van der Waals surface area contributed by atoms with E-state index in [9.17, 15) is 0 Å². The Balaban J connectivity index is 1.10. The quantitative estimate of drug-likeness (QED) is 0.165. The summed E-state index contributed by atoms with van der Waals surface area (Å²) in [5.41, 5.74) is 13.0. The van der Waals surface area contributed by atoms with Crippen molar-refractivity contribution in [2.24, 2.45) is 0 Å². The maximum Gasteiger partial charge on any atom is 0.164 e. The van der Waals surface area contributed by atoms with Gasteiger partial charge in [0, 0.05) is 57.9 Å². The van der Waals surface area contributed by atoms with Gasteiger partial charge in [-0.25, -0.2) is 15.0 Å². The molecule has 4 aromatic heterocycles. The average Bonchev–Trinajstić information content (AvgIpc) is 3.61. The molecule has 4 heterocycles. The molecular weight excluding hydrogens is 673 g/mol. The Morgan fingerprint density at radius 1 is 0.291 bits per heavy atom. The molecule has 10 aromatic rings. The Hall–Kier alpha value is -7.57. The molecule has 0 aliphatic heterocycles. The number of para-hydroxylation sites is 2. The maximum absolute atomic E-state index is 4.92. The number of hydrogen-bond donors (Lipinski definition) is 0. The van der Waals surface area contributed by atoms with Crippen LogP contribution in [0.4, 0.5) is 0 Å². The molecule has 0 fully saturated rings. The second-order valence-electron chi connectivity index (χ2n) is 13.4. The molecule has 0 N–H and O–H groups in total. The van der Waals surface area contributed by atoms with Crippen LogP contribution >= 0.6 is 0 Å². The fourth-order valence-corrected chi connectivity index (χ4v) is 7.34. The Kier molecular flexibility index (Phi) is 8.04. The Morgan fingerprint density at radius 2 is 0.655 bits per heavy atom. The summed E-state index contributed by atoms with van der Waals surface area (Å²) in [6.07, 6.45) is 7.00. The van der Waals surface area contributed by atoms with Crippen molar-refractivity contribution in [2.75, 3.05) is 0 Å². The molecule has 10 rings (SSSR count). The van der Waals surface area contributed by atoms with Gasteiger partial charge in [0.2, 0.25) is 0 Å². The largest absolute Gasteiger partial charge is 0.309 e. The van der Waals surface area contributed by atoms with Crippen molar-refractivity contribution in [1.29, 1.82) is 0 Å². The maximum atomic E-state index is 4.92. The first kappa shape index (κ1) is 32.1. The van der Waals surface area contributed by atoms with E-state index in [4.69, 9.17) is 15.0 Å². The Bertz CT molecular complexity index is 2830. The molecule has 6 nitrogen and oxygen atoms in total. The molecule has 0 radical (unpaired) electrons. The first-order valence-electron chi connectivity index (χ1n) is 18.2. The number of aromatic nitrogens is 6. The Labute approximate surface area is 318 Å². The van der Waals surface area contributed by atoms with Gasteiger partial charge in [0.25, 0.3) is 0 Å². The third kappa shape index (κ3) is 6.11. The van der Waals surface area contributed by atoms with Crippen molar-refractivity contribution in [3.63, 3.8) is 0 Å². The zero-order valence-electron chi connectivity index (χ0n) is 29.7. The standard InChI is InChI=1S/C49H32N6/c1-2-8-33(9-3-1)34-14-16-35(17-15-34)40-30-41(32-42(31-40)55-45-12-6-4-10-43(45)44-11-5-7-13-46(44)55)36-18-20-37(21-19-36)47-52-48(38-22-26-50-27-23-38)54-49(53-47)39-24-28-51-29-25-39/h1-32H. The van der Waals surface area contributed by atoms with Crippen LogP contribution in [0.25, 0.3) is 95.0 Å². The number of pyridine rings is 2. The lowest BCUT2D eigenvalue weighted by Gasteiger charge is -2.15. The van der Waals surface area contributed by atoms with Gasteiger partial charge in [0.1, 0.15) is 0 Å². The van der Waals surface area contributed by atoms with E-state index >= 15 is 0 Å². The molecule has 0 spiro atoms. The predicted octanol–water partition coefficient (Wildman–Crippen LogP) is 11.8. The fraction of sp³-hybridized carbons (Fsp3) is 0. The van der Waals surface area contributed by atoms with Crippen LogP contribution in [0, 0.1) is 0 Å². The summed E-state index contributed by atoms with van der Waals surface area (Å²) >= 11 is 0. The minimum absolute atomic E-state index is 0.588. The molecule has 6 aromatic carbocycles.